The Morgan fingerprint density at radius 3 is 2.19 bits per heavy atom. The molecule has 188 valence electrons. The van der Waals surface area contributed by atoms with E-state index in [1.165, 1.54) is 0 Å². The molecule has 1 amide bonds. The number of nitrogens with one attached hydrogen (secondary N) is 1. The van der Waals surface area contributed by atoms with Crippen LogP contribution in [0.1, 0.15) is 54.7 Å². The van der Waals surface area contributed by atoms with E-state index in [4.69, 9.17) is 14.0 Å². The van der Waals surface area contributed by atoms with Crippen molar-refractivity contribution in [3.63, 3.8) is 0 Å². The van der Waals surface area contributed by atoms with Gasteiger partial charge in [0.05, 0.1) is 11.2 Å². The van der Waals surface area contributed by atoms with Crippen LogP contribution in [0.4, 0.5) is 4.79 Å². The molecule has 3 aromatic rings. The van der Waals surface area contributed by atoms with E-state index in [0.717, 1.165) is 27.7 Å². The van der Waals surface area contributed by atoms with E-state index < -0.39 is 24.4 Å². The van der Waals surface area contributed by atoms with Gasteiger partial charge < -0.3 is 19.4 Å². The van der Waals surface area contributed by atoms with Crippen LogP contribution in [-0.2, 0) is 20.7 Å². The van der Waals surface area contributed by atoms with Crippen LogP contribution in [0, 0.1) is 0 Å². The number of alkyl carbamates (subject to hydrolysis) is 1. The number of benzene rings is 3. The first-order chi connectivity index (χ1) is 17.6. The van der Waals surface area contributed by atoms with E-state index in [2.05, 4.69) is 5.32 Å². The van der Waals surface area contributed by atoms with E-state index in [1.807, 2.05) is 107 Å². The van der Waals surface area contributed by atoms with Gasteiger partial charge in [-0.05, 0) is 61.5 Å². The second-order valence-electron chi connectivity index (χ2n) is 10.4. The Balaban J connectivity index is 1.38. The van der Waals surface area contributed by atoms with Crippen molar-refractivity contribution in [2.24, 2.45) is 0 Å². The number of rotatable bonds is 6. The van der Waals surface area contributed by atoms with E-state index in [1.54, 1.807) is 0 Å². The van der Waals surface area contributed by atoms with Gasteiger partial charge in [0.1, 0.15) is 6.61 Å². The molecular formula is C30H30BNO5. The maximum absolute atomic E-state index is 13.0. The first-order valence-corrected chi connectivity index (χ1v) is 12.4. The molecule has 0 aromatic heterocycles. The zero-order valence-corrected chi connectivity index (χ0v) is 21.5. The molecule has 0 saturated carbocycles. The summed E-state index contributed by atoms with van der Waals surface area (Å²) >= 11 is 0. The SMILES string of the molecule is CC1(C)OB(C(=Cc2ccc3c(c2)C(=O)c2ccccc2-3)CNC(=O)OCc2ccccc2)OC1(C)C. The summed E-state index contributed by atoms with van der Waals surface area (Å²) in [5.41, 5.74) is 4.63. The lowest BCUT2D eigenvalue weighted by molar-refractivity contribution is 0.00578. The molecule has 1 aliphatic carbocycles. The summed E-state index contributed by atoms with van der Waals surface area (Å²) in [6.07, 6.45) is 1.38. The number of hydrogen-bond acceptors (Lipinski definition) is 5. The van der Waals surface area contributed by atoms with Gasteiger partial charge in [-0.3, -0.25) is 4.79 Å². The summed E-state index contributed by atoms with van der Waals surface area (Å²) in [6, 6.07) is 23.0. The molecule has 7 heteroatoms. The molecule has 5 rings (SSSR count). The number of fused-ring (bicyclic) bond motifs is 3. The Bertz CT molecular complexity index is 1360. The monoisotopic (exact) mass is 495 g/mol. The molecular weight excluding hydrogens is 465 g/mol. The smallest absolute Gasteiger partial charge is 0.445 e. The predicted octanol–water partition coefficient (Wildman–Crippen LogP) is 5.84. The average molecular weight is 495 g/mol. The molecule has 0 atom stereocenters. The minimum Gasteiger partial charge on any atom is -0.445 e. The molecule has 0 bridgehead atoms. The van der Waals surface area contributed by atoms with Crippen molar-refractivity contribution in [1.82, 2.24) is 5.32 Å². The Morgan fingerprint density at radius 1 is 0.865 bits per heavy atom. The fraction of sp³-hybridized carbons (Fsp3) is 0.267. The summed E-state index contributed by atoms with van der Waals surface area (Å²) in [5.74, 6) is 0.0145. The molecule has 1 saturated heterocycles. The zero-order chi connectivity index (χ0) is 26.2. The van der Waals surface area contributed by atoms with Crippen molar-refractivity contribution < 1.29 is 23.6 Å². The quantitative estimate of drug-likeness (QED) is 0.341. The third kappa shape index (κ3) is 4.97. The maximum Gasteiger partial charge on any atom is 0.492 e. The lowest BCUT2D eigenvalue weighted by atomic mass is 9.77. The number of carbonyl (C=O) groups excluding carboxylic acids is 2. The largest absolute Gasteiger partial charge is 0.492 e. The van der Waals surface area contributed by atoms with Crippen molar-refractivity contribution in [3.05, 3.63) is 101 Å². The number of hydrogen-bond donors (Lipinski definition) is 1. The van der Waals surface area contributed by atoms with Gasteiger partial charge in [0, 0.05) is 17.7 Å². The van der Waals surface area contributed by atoms with E-state index >= 15 is 0 Å². The zero-order valence-electron chi connectivity index (χ0n) is 21.5. The van der Waals surface area contributed by atoms with Gasteiger partial charge in [-0.2, -0.15) is 0 Å². The highest BCUT2D eigenvalue weighted by molar-refractivity contribution is 6.56. The maximum atomic E-state index is 13.0. The summed E-state index contributed by atoms with van der Waals surface area (Å²) in [6.45, 7) is 8.27. The Hall–Kier alpha value is -3.68. The average Bonchev–Trinajstić information content (AvgIpc) is 3.29. The minimum atomic E-state index is -0.666. The van der Waals surface area contributed by atoms with Gasteiger partial charge in [-0.25, -0.2) is 4.79 Å². The molecule has 1 heterocycles. The van der Waals surface area contributed by atoms with Crippen molar-refractivity contribution in [2.75, 3.05) is 6.54 Å². The normalized spacial score (nSPS) is 17.4. The van der Waals surface area contributed by atoms with E-state index in [-0.39, 0.29) is 18.9 Å². The van der Waals surface area contributed by atoms with Crippen LogP contribution in [0.15, 0.2) is 78.3 Å². The van der Waals surface area contributed by atoms with Gasteiger partial charge in [-0.1, -0.05) is 72.8 Å². The second-order valence-corrected chi connectivity index (χ2v) is 10.4. The fourth-order valence-electron chi connectivity index (χ4n) is 4.49. The molecule has 1 fully saturated rings. The topological polar surface area (TPSA) is 73.9 Å². The van der Waals surface area contributed by atoms with E-state index in [9.17, 15) is 9.59 Å². The number of ether oxygens (including phenoxy) is 1. The highest BCUT2D eigenvalue weighted by atomic mass is 16.7. The highest BCUT2D eigenvalue weighted by Crippen LogP contribution is 2.40. The molecule has 37 heavy (non-hydrogen) atoms. The van der Waals surface area contributed by atoms with Crippen LogP contribution in [-0.4, -0.2) is 36.7 Å². The van der Waals surface area contributed by atoms with Crippen LogP contribution in [0.3, 0.4) is 0 Å². The van der Waals surface area contributed by atoms with Crippen molar-refractivity contribution in [2.45, 2.75) is 45.5 Å². The van der Waals surface area contributed by atoms with Gasteiger partial charge in [0.25, 0.3) is 0 Å². The molecule has 1 aliphatic heterocycles. The second kappa shape index (κ2) is 9.65. The Kier molecular flexibility index (Phi) is 6.52. The molecule has 3 aromatic carbocycles. The number of carbonyl (C=O) groups is 2. The minimum absolute atomic E-state index is 0.0145. The summed E-state index contributed by atoms with van der Waals surface area (Å²) in [4.78, 5) is 25.5. The third-order valence-electron chi connectivity index (χ3n) is 7.31. The summed E-state index contributed by atoms with van der Waals surface area (Å²) in [7, 11) is -0.666. The lowest BCUT2D eigenvalue weighted by Gasteiger charge is -2.32. The van der Waals surface area contributed by atoms with Crippen molar-refractivity contribution in [1.29, 1.82) is 0 Å². The van der Waals surface area contributed by atoms with Gasteiger partial charge in [0.15, 0.2) is 5.78 Å². The van der Waals surface area contributed by atoms with Gasteiger partial charge >= 0.3 is 13.2 Å². The molecule has 6 nitrogen and oxygen atoms in total. The van der Waals surface area contributed by atoms with Crippen molar-refractivity contribution in [3.8, 4) is 11.1 Å². The van der Waals surface area contributed by atoms with E-state index in [0.29, 0.717) is 11.1 Å². The van der Waals surface area contributed by atoms with Gasteiger partial charge in [0.2, 0.25) is 0 Å². The molecule has 1 N–H and O–H groups in total. The number of amides is 1. The van der Waals surface area contributed by atoms with Crippen LogP contribution in [0.2, 0.25) is 0 Å². The fourth-order valence-corrected chi connectivity index (χ4v) is 4.49. The lowest BCUT2D eigenvalue weighted by Crippen LogP contribution is -2.41. The molecule has 0 spiro atoms. The standard InChI is InChI=1S/C30H30BNO5/c1-29(2)30(3,4)37-31(36-29)22(18-32-28(34)35-19-20-10-6-5-7-11-20)16-21-14-15-24-23-12-8-9-13-25(23)27(33)26(24)17-21/h5-17H,18-19H2,1-4H3,(H,32,34). The Morgan fingerprint density at radius 2 is 1.49 bits per heavy atom. The highest BCUT2D eigenvalue weighted by Gasteiger charge is 2.52. The Labute approximate surface area is 217 Å². The molecule has 0 radical (unpaired) electrons. The summed E-state index contributed by atoms with van der Waals surface area (Å²) < 4.78 is 17.9. The van der Waals surface area contributed by atoms with Crippen LogP contribution in [0.5, 0.6) is 0 Å². The van der Waals surface area contributed by atoms with Crippen LogP contribution < -0.4 is 5.32 Å². The van der Waals surface area contributed by atoms with Gasteiger partial charge in [-0.15, -0.1) is 0 Å². The first-order valence-electron chi connectivity index (χ1n) is 12.4. The van der Waals surface area contributed by atoms with Crippen molar-refractivity contribution >= 4 is 25.1 Å². The first kappa shape index (κ1) is 25.0. The van der Waals surface area contributed by atoms with Crippen LogP contribution in [0.25, 0.3) is 17.2 Å². The molecule has 0 unspecified atom stereocenters. The van der Waals surface area contributed by atoms with Crippen LogP contribution >= 0.6 is 0 Å². The number of ketones is 1. The predicted molar refractivity (Wildman–Crippen MR) is 144 cm³/mol. The molecule has 2 aliphatic rings. The summed E-state index contributed by atoms with van der Waals surface area (Å²) in [5, 5.41) is 2.82. The third-order valence-corrected chi connectivity index (χ3v) is 7.31.